The second-order valence-corrected chi connectivity index (χ2v) is 5.65. The second-order valence-electron chi connectivity index (χ2n) is 4.81. The summed E-state index contributed by atoms with van der Waals surface area (Å²) in [5, 5.41) is 1.31. The van der Waals surface area contributed by atoms with Crippen molar-refractivity contribution in [3.63, 3.8) is 0 Å². The molecule has 0 aromatic heterocycles. The van der Waals surface area contributed by atoms with Gasteiger partial charge >= 0.3 is 0 Å². The first-order valence-corrected chi connectivity index (χ1v) is 7.16. The molecule has 0 saturated carbocycles. The van der Waals surface area contributed by atoms with Crippen LogP contribution in [0.2, 0.25) is 10.0 Å². The van der Waals surface area contributed by atoms with E-state index in [2.05, 4.69) is 0 Å². The minimum absolute atomic E-state index is 0.0700. The van der Waals surface area contributed by atoms with Crippen molar-refractivity contribution in [2.75, 3.05) is 0 Å². The molecule has 1 heterocycles. The summed E-state index contributed by atoms with van der Waals surface area (Å²) in [5.41, 5.74) is 2.88. The average Bonchev–Trinajstić information content (AvgIpc) is 2.92. The smallest absolute Gasteiger partial charge is 0.123 e. The summed E-state index contributed by atoms with van der Waals surface area (Å²) in [5.74, 6) is -0.228. The van der Waals surface area contributed by atoms with E-state index in [9.17, 15) is 4.39 Å². The Labute approximate surface area is 127 Å². The third-order valence-corrected chi connectivity index (χ3v) is 4.03. The van der Waals surface area contributed by atoms with Crippen LogP contribution in [-0.2, 0) is 0 Å². The molecule has 1 atom stereocenters. The molecular weight excluding hydrogens is 296 g/mol. The summed E-state index contributed by atoms with van der Waals surface area (Å²) < 4.78 is 12.9. The van der Waals surface area contributed by atoms with Crippen molar-refractivity contribution in [1.29, 1.82) is 0 Å². The second kappa shape index (κ2) is 5.55. The van der Waals surface area contributed by atoms with Crippen molar-refractivity contribution >= 4 is 28.9 Å². The molecule has 0 N–H and O–H groups in total. The highest BCUT2D eigenvalue weighted by molar-refractivity contribution is 6.36. The van der Waals surface area contributed by atoms with Crippen molar-refractivity contribution in [2.45, 2.75) is 18.9 Å². The van der Waals surface area contributed by atoms with Crippen LogP contribution in [0.3, 0.4) is 0 Å². The Hall–Kier alpha value is -1.38. The summed E-state index contributed by atoms with van der Waals surface area (Å²) in [4.78, 5) is 4.71. The van der Waals surface area contributed by atoms with Crippen LogP contribution in [0, 0.1) is 5.82 Å². The molecule has 0 fully saturated rings. The Balaban J connectivity index is 1.91. The summed E-state index contributed by atoms with van der Waals surface area (Å²) >= 11 is 12.2. The van der Waals surface area contributed by atoms with Gasteiger partial charge in [0.05, 0.1) is 6.04 Å². The maximum absolute atomic E-state index is 12.9. The molecule has 4 heteroatoms. The third kappa shape index (κ3) is 2.72. The molecule has 2 aromatic carbocycles. The lowest BCUT2D eigenvalue weighted by atomic mass is 10.0. The molecule has 102 valence electrons. The molecule has 3 rings (SSSR count). The molecule has 0 saturated heterocycles. The predicted molar refractivity (Wildman–Crippen MR) is 81.4 cm³/mol. The van der Waals surface area contributed by atoms with Crippen LogP contribution in [0.15, 0.2) is 47.5 Å². The standard InChI is InChI=1S/C16H12Cl2FN/c17-11-3-6-14(18)13(9-11)16-8-7-15(20-16)10-1-4-12(19)5-2-10/h1-6,9,15H,7-8H2. The largest absolute Gasteiger partial charge is 0.281 e. The van der Waals surface area contributed by atoms with Crippen LogP contribution in [0.4, 0.5) is 4.39 Å². The quantitative estimate of drug-likeness (QED) is 0.699. The van der Waals surface area contributed by atoms with E-state index in [1.54, 1.807) is 24.3 Å². The normalized spacial score (nSPS) is 18.1. The first kappa shape index (κ1) is 13.6. The molecule has 1 unspecified atom stereocenters. The Morgan fingerprint density at radius 2 is 1.80 bits per heavy atom. The van der Waals surface area contributed by atoms with Gasteiger partial charge in [-0.3, -0.25) is 4.99 Å². The number of benzene rings is 2. The Kier molecular flexibility index (Phi) is 3.77. The Bertz CT molecular complexity index is 665. The van der Waals surface area contributed by atoms with E-state index >= 15 is 0 Å². The highest BCUT2D eigenvalue weighted by Gasteiger charge is 2.21. The topological polar surface area (TPSA) is 12.4 Å². The summed E-state index contributed by atoms with van der Waals surface area (Å²) in [6.07, 6.45) is 1.76. The van der Waals surface area contributed by atoms with Crippen LogP contribution in [0.5, 0.6) is 0 Å². The van der Waals surface area contributed by atoms with E-state index in [4.69, 9.17) is 28.2 Å². The lowest BCUT2D eigenvalue weighted by Gasteiger charge is -2.06. The Morgan fingerprint density at radius 3 is 2.55 bits per heavy atom. The first-order chi connectivity index (χ1) is 9.63. The van der Waals surface area contributed by atoms with Gasteiger partial charge in [0.15, 0.2) is 0 Å². The van der Waals surface area contributed by atoms with Gasteiger partial charge in [0.1, 0.15) is 5.82 Å². The van der Waals surface area contributed by atoms with E-state index in [0.29, 0.717) is 10.0 Å². The van der Waals surface area contributed by atoms with Gasteiger partial charge in [-0.1, -0.05) is 35.3 Å². The third-order valence-electron chi connectivity index (χ3n) is 3.46. The minimum Gasteiger partial charge on any atom is -0.281 e. The van der Waals surface area contributed by atoms with Gasteiger partial charge in [0.25, 0.3) is 0 Å². The van der Waals surface area contributed by atoms with Crippen LogP contribution in [0.1, 0.15) is 30.0 Å². The number of aliphatic imine (C=N–C) groups is 1. The molecule has 0 radical (unpaired) electrons. The number of hydrogen-bond acceptors (Lipinski definition) is 1. The van der Waals surface area contributed by atoms with Gasteiger partial charge in [-0.05, 0) is 48.7 Å². The maximum Gasteiger partial charge on any atom is 0.123 e. The predicted octanol–water partition coefficient (Wildman–Crippen LogP) is 5.46. The van der Waals surface area contributed by atoms with E-state index in [1.165, 1.54) is 12.1 Å². The lowest BCUT2D eigenvalue weighted by Crippen LogP contribution is -1.96. The molecule has 0 spiro atoms. The summed E-state index contributed by atoms with van der Waals surface area (Å²) in [6, 6.07) is 12.0. The first-order valence-electron chi connectivity index (χ1n) is 6.41. The van der Waals surface area contributed by atoms with Gasteiger partial charge in [-0.15, -0.1) is 0 Å². The van der Waals surface area contributed by atoms with E-state index in [1.807, 2.05) is 6.07 Å². The lowest BCUT2D eigenvalue weighted by molar-refractivity contribution is 0.624. The maximum atomic E-state index is 12.9. The summed E-state index contributed by atoms with van der Waals surface area (Å²) in [6.45, 7) is 0. The molecule has 0 bridgehead atoms. The number of nitrogens with zero attached hydrogens (tertiary/aromatic N) is 1. The average molecular weight is 308 g/mol. The number of halogens is 3. The number of hydrogen-bond donors (Lipinski definition) is 0. The molecule has 0 aliphatic carbocycles. The van der Waals surface area contributed by atoms with E-state index in [-0.39, 0.29) is 11.9 Å². The van der Waals surface area contributed by atoms with Crippen molar-refractivity contribution < 1.29 is 4.39 Å². The zero-order chi connectivity index (χ0) is 14.1. The molecule has 20 heavy (non-hydrogen) atoms. The van der Waals surface area contributed by atoms with Gasteiger partial charge in [0, 0.05) is 21.3 Å². The zero-order valence-corrected chi connectivity index (χ0v) is 12.1. The van der Waals surface area contributed by atoms with Crippen LogP contribution < -0.4 is 0 Å². The Morgan fingerprint density at radius 1 is 1.05 bits per heavy atom. The van der Waals surface area contributed by atoms with Gasteiger partial charge in [-0.25, -0.2) is 4.39 Å². The van der Waals surface area contributed by atoms with Crippen LogP contribution in [-0.4, -0.2) is 5.71 Å². The fourth-order valence-corrected chi connectivity index (χ4v) is 2.84. The SMILES string of the molecule is Fc1ccc(C2CCC(c3cc(Cl)ccc3Cl)=N2)cc1. The van der Waals surface area contributed by atoms with Crippen molar-refractivity contribution in [1.82, 2.24) is 0 Å². The van der Waals surface area contributed by atoms with E-state index < -0.39 is 0 Å². The van der Waals surface area contributed by atoms with Gasteiger partial charge < -0.3 is 0 Å². The monoisotopic (exact) mass is 307 g/mol. The highest BCUT2D eigenvalue weighted by atomic mass is 35.5. The van der Waals surface area contributed by atoms with Gasteiger partial charge in [-0.2, -0.15) is 0 Å². The number of rotatable bonds is 2. The zero-order valence-electron chi connectivity index (χ0n) is 10.6. The molecule has 2 aromatic rings. The minimum atomic E-state index is -0.228. The van der Waals surface area contributed by atoms with Gasteiger partial charge in [0.2, 0.25) is 0 Å². The molecular formula is C16H12Cl2FN. The van der Waals surface area contributed by atoms with Crippen molar-refractivity contribution in [2.24, 2.45) is 4.99 Å². The van der Waals surface area contributed by atoms with Crippen molar-refractivity contribution in [3.05, 3.63) is 69.5 Å². The van der Waals surface area contributed by atoms with Crippen molar-refractivity contribution in [3.8, 4) is 0 Å². The van der Waals surface area contributed by atoms with Crippen LogP contribution >= 0.6 is 23.2 Å². The van der Waals surface area contributed by atoms with Crippen LogP contribution in [0.25, 0.3) is 0 Å². The fourth-order valence-electron chi connectivity index (χ4n) is 2.44. The molecule has 0 amide bonds. The molecule has 1 aliphatic heterocycles. The summed E-state index contributed by atoms with van der Waals surface area (Å²) in [7, 11) is 0. The molecule has 1 nitrogen and oxygen atoms in total. The molecule has 1 aliphatic rings. The fraction of sp³-hybridized carbons (Fsp3) is 0.188. The van der Waals surface area contributed by atoms with E-state index in [0.717, 1.165) is 29.7 Å². The highest BCUT2D eigenvalue weighted by Crippen LogP contribution is 2.33.